The van der Waals surface area contributed by atoms with Crippen molar-refractivity contribution in [3.63, 3.8) is 0 Å². The molecule has 0 N–H and O–H groups in total. The first-order valence-electron chi connectivity index (χ1n) is 3.84. The van der Waals surface area contributed by atoms with Gasteiger partial charge in [-0.2, -0.15) is 0 Å². The molecule has 0 bridgehead atoms. The van der Waals surface area contributed by atoms with Crippen LogP contribution in [0.1, 0.15) is 18.4 Å². The molecule has 0 radical (unpaired) electrons. The molecule has 0 aromatic heterocycles. The molecule has 0 aliphatic heterocycles. The van der Waals surface area contributed by atoms with Crippen LogP contribution in [0.2, 0.25) is 0 Å². The van der Waals surface area contributed by atoms with E-state index >= 15 is 0 Å². The van der Waals surface area contributed by atoms with Gasteiger partial charge in [0.25, 0.3) is 0 Å². The molecule has 1 aromatic rings. The van der Waals surface area contributed by atoms with Crippen LogP contribution in [0.3, 0.4) is 0 Å². The molecule has 60 valence electrons. The second kappa shape index (κ2) is 4.35. The third-order valence-corrected chi connectivity index (χ3v) is 1.66. The molecule has 1 rings (SSSR count). The fourth-order valence-corrected chi connectivity index (χ4v) is 0.984. The summed E-state index contributed by atoms with van der Waals surface area (Å²) in [4.78, 5) is 9.97. The fourth-order valence-electron chi connectivity index (χ4n) is 0.984. The molecular weight excluding hydrogens is 148 g/mol. The maximum atomic E-state index is 9.97. The molecule has 0 spiro atoms. The Hall–Kier alpha value is -1.55. The lowest BCUT2D eigenvalue weighted by atomic mass is 10.0. The minimum atomic E-state index is 0.136. The molecule has 1 aromatic carbocycles. The Kier molecular flexibility index (Phi) is 3.10. The summed E-state index contributed by atoms with van der Waals surface area (Å²) in [6, 6.07) is 9.90. The molecule has 12 heavy (non-hydrogen) atoms. The van der Waals surface area contributed by atoms with Gasteiger partial charge in [-0.05, 0) is 18.4 Å². The number of carbonyl (C=O) groups is 1. The van der Waals surface area contributed by atoms with Crippen LogP contribution in [0.5, 0.6) is 0 Å². The van der Waals surface area contributed by atoms with Crippen LogP contribution < -0.4 is 0 Å². The van der Waals surface area contributed by atoms with Crippen LogP contribution in [-0.4, -0.2) is 6.29 Å². The summed E-state index contributed by atoms with van der Waals surface area (Å²) in [5.41, 5.74) is 1.15. The molecule has 0 amide bonds. The van der Waals surface area contributed by atoms with Gasteiger partial charge in [0.1, 0.15) is 0 Å². The summed E-state index contributed by atoms with van der Waals surface area (Å²) < 4.78 is 0. The van der Waals surface area contributed by atoms with Crippen LogP contribution in [0, 0.1) is 11.8 Å². The lowest BCUT2D eigenvalue weighted by Gasteiger charge is -2.01. The average Bonchev–Trinajstić information content (AvgIpc) is 2.15. The van der Waals surface area contributed by atoms with Crippen molar-refractivity contribution in [2.75, 3.05) is 0 Å². The van der Waals surface area contributed by atoms with Gasteiger partial charge in [-0.3, -0.25) is 4.79 Å². The van der Waals surface area contributed by atoms with Crippen LogP contribution in [0.25, 0.3) is 0 Å². The lowest BCUT2D eigenvalue weighted by Crippen LogP contribution is -1.88. The van der Waals surface area contributed by atoms with E-state index in [-0.39, 0.29) is 5.92 Å². The highest BCUT2D eigenvalue weighted by Crippen LogP contribution is 2.12. The van der Waals surface area contributed by atoms with E-state index < -0.39 is 0 Å². The number of carbonyl (C=O) groups excluding carboxylic acids is 1. The monoisotopic (exact) mass is 158 g/mol. The number of rotatable bonds is 1. The highest BCUT2D eigenvalue weighted by Gasteiger charge is 1.97. The van der Waals surface area contributed by atoms with Crippen molar-refractivity contribution >= 4 is 6.29 Å². The quantitative estimate of drug-likeness (QED) is 0.451. The Morgan fingerprint density at radius 2 is 2.00 bits per heavy atom. The normalized spacial score (nSPS) is 11.1. The van der Waals surface area contributed by atoms with Crippen molar-refractivity contribution in [3.8, 4) is 11.8 Å². The maximum absolute atomic E-state index is 9.97. The molecule has 0 aliphatic rings. The fraction of sp³-hybridized carbons (Fsp3) is 0.182. The van der Waals surface area contributed by atoms with Crippen LogP contribution >= 0.6 is 0 Å². The summed E-state index contributed by atoms with van der Waals surface area (Å²) in [5.74, 6) is 5.38. The van der Waals surface area contributed by atoms with Gasteiger partial charge in [0, 0.05) is 5.92 Å². The third-order valence-electron chi connectivity index (χ3n) is 1.66. The van der Waals surface area contributed by atoms with Crippen molar-refractivity contribution in [1.82, 2.24) is 0 Å². The van der Waals surface area contributed by atoms with Crippen molar-refractivity contribution < 1.29 is 4.79 Å². The van der Waals surface area contributed by atoms with Crippen LogP contribution in [0.4, 0.5) is 0 Å². The van der Waals surface area contributed by atoms with Crippen molar-refractivity contribution in [2.24, 2.45) is 0 Å². The number of hydrogen-bond acceptors (Lipinski definition) is 1. The third kappa shape index (κ3) is 2.25. The number of benzene rings is 1. The zero-order valence-electron chi connectivity index (χ0n) is 6.95. The Labute approximate surface area is 72.4 Å². The molecule has 0 saturated heterocycles. The summed E-state index contributed by atoms with van der Waals surface area (Å²) in [6.07, 6.45) is 0.624. The highest BCUT2D eigenvalue weighted by atomic mass is 16.1. The summed E-state index contributed by atoms with van der Waals surface area (Å²) >= 11 is 0. The van der Waals surface area contributed by atoms with Gasteiger partial charge in [0.2, 0.25) is 0 Å². The van der Waals surface area contributed by atoms with E-state index in [2.05, 4.69) is 11.8 Å². The van der Waals surface area contributed by atoms with Gasteiger partial charge in [-0.15, -0.1) is 0 Å². The van der Waals surface area contributed by atoms with Gasteiger partial charge in [0.05, 0.1) is 0 Å². The Morgan fingerprint density at radius 3 is 2.58 bits per heavy atom. The van der Waals surface area contributed by atoms with E-state index in [4.69, 9.17) is 0 Å². The average molecular weight is 158 g/mol. The first-order valence-corrected chi connectivity index (χ1v) is 3.84. The predicted octanol–water partition coefficient (Wildman–Crippen LogP) is 1.99. The van der Waals surface area contributed by atoms with Gasteiger partial charge < -0.3 is 0 Å². The number of hydrogen-bond donors (Lipinski definition) is 0. The summed E-state index contributed by atoms with van der Waals surface area (Å²) in [6.45, 7) is 1.98. The minimum absolute atomic E-state index is 0.136. The predicted molar refractivity (Wildman–Crippen MR) is 48.7 cm³/mol. The van der Waals surface area contributed by atoms with Gasteiger partial charge >= 0.3 is 0 Å². The zero-order valence-corrected chi connectivity index (χ0v) is 6.95. The van der Waals surface area contributed by atoms with Gasteiger partial charge in [-0.1, -0.05) is 36.3 Å². The van der Waals surface area contributed by atoms with E-state index in [0.717, 1.165) is 5.56 Å². The lowest BCUT2D eigenvalue weighted by molar-refractivity contribution is -0.103. The molecule has 0 aliphatic carbocycles. The standard InChI is InChI=1S/C11H10O/c1-10(6-5-9-12)11-7-3-2-4-8-11/h2-4,7-10H,1H3. The first-order chi connectivity index (χ1) is 5.84. The number of aldehydes is 1. The van der Waals surface area contributed by atoms with E-state index in [1.54, 1.807) is 0 Å². The second-order valence-electron chi connectivity index (χ2n) is 2.54. The Bertz CT molecular complexity index is 303. The van der Waals surface area contributed by atoms with Crippen molar-refractivity contribution in [2.45, 2.75) is 12.8 Å². The molecule has 1 atom stereocenters. The van der Waals surface area contributed by atoms with Gasteiger partial charge in [-0.25, -0.2) is 0 Å². The second-order valence-corrected chi connectivity index (χ2v) is 2.54. The van der Waals surface area contributed by atoms with E-state index in [1.165, 1.54) is 0 Å². The van der Waals surface area contributed by atoms with Crippen LogP contribution in [0.15, 0.2) is 30.3 Å². The van der Waals surface area contributed by atoms with E-state index in [1.807, 2.05) is 37.3 Å². The SMILES string of the molecule is CC(C#CC=O)c1ccccc1. The summed E-state index contributed by atoms with van der Waals surface area (Å²) in [7, 11) is 0. The zero-order chi connectivity index (χ0) is 8.81. The van der Waals surface area contributed by atoms with E-state index in [9.17, 15) is 4.79 Å². The summed E-state index contributed by atoms with van der Waals surface area (Å²) in [5, 5.41) is 0. The minimum Gasteiger partial charge on any atom is -0.289 e. The van der Waals surface area contributed by atoms with Crippen LogP contribution in [-0.2, 0) is 4.79 Å². The molecule has 1 unspecified atom stereocenters. The molecule has 1 nitrogen and oxygen atoms in total. The largest absolute Gasteiger partial charge is 0.289 e. The highest BCUT2D eigenvalue weighted by molar-refractivity contribution is 5.72. The molecule has 0 heterocycles. The van der Waals surface area contributed by atoms with Crippen molar-refractivity contribution in [1.29, 1.82) is 0 Å². The van der Waals surface area contributed by atoms with Gasteiger partial charge in [0.15, 0.2) is 6.29 Å². The smallest absolute Gasteiger partial charge is 0.192 e. The first kappa shape index (κ1) is 8.55. The molecule has 0 fully saturated rings. The maximum Gasteiger partial charge on any atom is 0.192 e. The molecular formula is C11H10O. The topological polar surface area (TPSA) is 17.1 Å². The van der Waals surface area contributed by atoms with E-state index in [0.29, 0.717) is 6.29 Å². The molecule has 1 heteroatoms. The van der Waals surface area contributed by atoms with Crippen molar-refractivity contribution in [3.05, 3.63) is 35.9 Å². The Balaban J connectivity index is 2.78. The molecule has 0 saturated carbocycles. The Morgan fingerprint density at radius 1 is 1.33 bits per heavy atom.